The molecule has 2 N–H and O–H groups in total. The van der Waals surface area contributed by atoms with E-state index >= 15 is 0 Å². The summed E-state index contributed by atoms with van der Waals surface area (Å²) in [5.74, 6) is -8.46. The zero-order valence-electron chi connectivity index (χ0n) is 9.56. The third-order valence-electron chi connectivity index (χ3n) is 2.47. The first kappa shape index (κ1) is 16.2. The normalized spacial score (nSPS) is 20.9. The molecule has 0 bridgehead atoms. The van der Waals surface area contributed by atoms with E-state index in [0.29, 0.717) is 0 Å². The Labute approximate surface area is 107 Å². The van der Waals surface area contributed by atoms with Gasteiger partial charge in [0.2, 0.25) is 23.6 Å². The molecule has 3 amide bonds. The van der Waals surface area contributed by atoms with Crippen molar-refractivity contribution >= 4 is 17.7 Å². The molecule has 1 saturated heterocycles. The van der Waals surface area contributed by atoms with Crippen LogP contribution in [0.2, 0.25) is 0 Å². The summed E-state index contributed by atoms with van der Waals surface area (Å²) in [6.45, 7) is 0. The van der Waals surface area contributed by atoms with Crippen molar-refractivity contribution in [2.45, 2.75) is 31.2 Å². The van der Waals surface area contributed by atoms with Gasteiger partial charge < -0.3 is 5.32 Å². The number of imide groups is 1. The van der Waals surface area contributed by atoms with Gasteiger partial charge >= 0.3 is 12.4 Å². The minimum atomic E-state index is -5.83. The van der Waals surface area contributed by atoms with Gasteiger partial charge in [-0.05, 0) is 6.42 Å². The molecule has 1 rings (SSSR count). The number of hydrogen-bond donors (Lipinski definition) is 2. The van der Waals surface area contributed by atoms with E-state index in [4.69, 9.17) is 0 Å². The Balaban J connectivity index is 2.83. The third-order valence-corrected chi connectivity index (χ3v) is 2.47. The van der Waals surface area contributed by atoms with E-state index in [1.165, 1.54) is 5.32 Å². The molecule has 5 nitrogen and oxygen atoms in total. The smallest absolute Gasteiger partial charge is 0.343 e. The van der Waals surface area contributed by atoms with E-state index in [2.05, 4.69) is 0 Å². The van der Waals surface area contributed by atoms with E-state index in [9.17, 15) is 40.7 Å². The largest absolute Gasteiger partial charge is 0.409 e. The first-order valence-electron chi connectivity index (χ1n) is 5.20. The van der Waals surface area contributed by atoms with E-state index in [1.54, 1.807) is 5.32 Å². The molecule has 0 saturated carbocycles. The zero-order chi connectivity index (χ0) is 15.7. The number of carbonyl (C=O) groups excluding carboxylic acids is 3. The highest BCUT2D eigenvalue weighted by Crippen LogP contribution is 2.39. The summed E-state index contributed by atoms with van der Waals surface area (Å²) in [5.41, 5.74) is 0. The number of hydrogen-bond acceptors (Lipinski definition) is 3. The predicted octanol–water partition coefficient (Wildman–Crippen LogP) is 0.649. The van der Waals surface area contributed by atoms with Crippen molar-refractivity contribution in [2.75, 3.05) is 0 Å². The van der Waals surface area contributed by atoms with Crippen LogP contribution in [0, 0.1) is 5.92 Å². The summed E-state index contributed by atoms with van der Waals surface area (Å²) in [5, 5.41) is 3.06. The number of rotatable bonds is 2. The van der Waals surface area contributed by atoms with Gasteiger partial charge in [-0.3, -0.25) is 19.7 Å². The van der Waals surface area contributed by atoms with Gasteiger partial charge in [-0.2, -0.15) is 26.3 Å². The maximum Gasteiger partial charge on any atom is 0.409 e. The average Bonchev–Trinajstić information content (AvgIpc) is 2.17. The zero-order valence-corrected chi connectivity index (χ0v) is 9.56. The highest BCUT2D eigenvalue weighted by atomic mass is 19.4. The van der Waals surface area contributed by atoms with Crippen molar-refractivity contribution in [3.63, 3.8) is 0 Å². The monoisotopic (exact) mass is 306 g/mol. The molecule has 1 atom stereocenters. The number of carbonyl (C=O) groups is 3. The van der Waals surface area contributed by atoms with E-state index in [1.807, 2.05) is 0 Å². The van der Waals surface area contributed by atoms with Crippen LogP contribution < -0.4 is 10.6 Å². The van der Waals surface area contributed by atoms with Crippen molar-refractivity contribution in [3.05, 3.63) is 0 Å². The van der Waals surface area contributed by atoms with Crippen molar-refractivity contribution in [1.29, 1.82) is 0 Å². The number of alkyl halides is 6. The van der Waals surface area contributed by atoms with E-state index < -0.39 is 42.0 Å². The van der Waals surface area contributed by atoms with Crippen LogP contribution in [0.15, 0.2) is 0 Å². The summed E-state index contributed by atoms with van der Waals surface area (Å²) in [7, 11) is 0. The Morgan fingerprint density at radius 2 is 1.65 bits per heavy atom. The van der Waals surface area contributed by atoms with Crippen molar-refractivity contribution in [3.8, 4) is 0 Å². The molecule has 1 unspecified atom stereocenters. The fraction of sp³-hybridized carbons (Fsp3) is 0.667. The fourth-order valence-corrected chi connectivity index (χ4v) is 1.57. The molecule has 0 aromatic rings. The van der Waals surface area contributed by atoms with Gasteiger partial charge in [0.15, 0.2) is 0 Å². The number of amides is 3. The van der Waals surface area contributed by atoms with Crippen LogP contribution in [0.3, 0.4) is 0 Å². The van der Waals surface area contributed by atoms with Crippen LogP contribution in [0.4, 0.5) is 26.3 Å². The number of piperidine rings is 1. The van der Waals surface area contributed by atoms with Gasteiger partial charge in [0.25, 0.3) is 0 Å². The second kappa shape index (κ2) is 5.29. The molecule has 0 spiro atoms. The van der Waals surface area contributed by atoms with Crippen LogP contribution in [0.1, 0.15) is 12.8 Å². The quantitative estimate of drug-likeness (QED) is 0.581. The lowest BCUT2D eigenvalue weighted by atomic mass is 10.0. The van der Waals surface area contributed by atoms with Crippen LogP contribution in [0.5, 0.6) is 0 Å². The van der Waals surface area contributed by atoms with E-state index in [-0.39, 0.29) is 12.8 Å². The Morgan fingerprint density at radius 3 is 2.05 bits per heavy atom. The molecule has 1 fully saturated rings. The second-order valence-electron chi connectivity index (χ2n) is 4.03. The van der Waals surface area contributed by atoms with Gasteiger partial charge in [0.05, 0.1) is 0 Å². The molecule has 0 aliphatic carbocycles. The Bertz CT molecular complexity index is 416. The number of halogens is 6. The van der Waals surface area contributed by atoms with Gasteiger partial charge in [-0.1, -0.05) is 0 Å². The highest BCUT2D eigenvalue weighted by molar-refractivity contribution is 6.01. The van der Waals surface area contributed by atoms with Crippen molar-refractivity contribution < 1.29 is 40.7 Å². The van der Waals surface area contributed by atoms with Gasteiger partial charge in [-0.15, -0.1) is 0 Å². The maximum atomic E-state index is 12.2. The second-order valence-corrected chi connectivity index (χ2v) is 4.03. The predicted molar refractivity (Wildman–Crippen MR) is 49.9 cm³/mol. The minimum absolute atomic E-state index is 0.292. The number of nitrogens with one attached hydrogen (secondary N) is 2. The third kappa shape index (κ3) is 3.84. The molecule has 0 aromatic carbocycles. The van der Waals surface area contributed by atoms with Crippen LogP contribution in [-0.4, -0.2) is 36.1 Å². The molecular weight excluding hydrogens is 298 g/mol. The lowest BCUT2D eigenvalue weighted by Crippen LogP contribution is -2.56. The van der Waals surface area contributed by atoms with Gasteiger partial charge in [0.1, 0.15) is 6.04 Å². The SMILES string of the molecule is O=C1CCC(NC(=O)C(C(F)(F)F)C(F)(F)F)C(=O)N1. The summed E-state index contributed by atoms with van der Waals surface area (Å²) < 4.78 is 73.5. The van der Waals surface area contributed by atoms with Gasteiger partial charge in [-0.25, -0.2) is 0 Å². The lowest BCUT2D eigenvalue weighted by molar-refractivity contribution is -0.274. The molecule has 11 heteroatoms. The maximum absolute atomic E-state index is 12.2. The van der Waals surface area contributed by atoms with Crippen LogP contribution >= 0.6 is 0 Å². The molecule has 114 valence electrons. The topological polar surface area (TPSA) is 75.3 Å². The van der Waals surface area contributed by atoms with Crippen LogP contribution in [-0.2, 0) is 14.4 Å². The summed E-state index contributed by atoms with van der Waals surface area (Å²) in [6.07, 6.45) is -12.3. The molecular formula is C9H8F6N2O3. The molecule has 1 aliphatic heterocycles. The van der Waals surface area contributed by atoms with Crippen LogP contribution in [0.25, 0.3) is 0 Å². The van der Waals surface area contributed by atoms with Crippen molar-refractivity contribution in [2.24, 2.45) is 5.92 Å². The Hall–Kier alpha value is -1.81. The highest BCUT2D eigenvalue weighted by Gasteiger charge is 2.61. The fourth-order valence-electron chi connectivity index (χ4n) is 1.57. The average molecular weight is 306 g/mol. The summed E-state index contributed by atoms with van der Waals surface area (Å²) in [4.78, 5) is 33.0. The van der Waals surface area contributed by atoms with E-state index in [0.717, 1.165) is 0 Å². The first-order valence-corrected chi connectivity index (χ1v) is 5.20. The lowest BCUT2D eigenvalue weighted by Gasteiger charge is -2.26. The molecule has 0 aromatic heterocycles. The Kier molecular flexibility index (Phi) is 4.30. The summed E-state index contributed by atoms with van der Waals surface area (Å²) in [6, 6.07) is -1.60. The molecule has 1 heterocycles. The summed E-state index contributed by atoms with van der Waals surface area (Å²) >= 11 is 0. The van der Waals surface area contributed by atoms with Gasteiger partial charge in [0, 0.05) is 6.42 Å². The molecule has 0 radical (unpaired) electrons. The standard InChI is InChI=1S/C9H8F6N2O3/c10-8(11,12)5(9(13,14)15)7(20)16-3-1-2-4(18)17-6(3)19/h3,5H,1-2H2,(H,16,20)(H,17,18,19). The molecule has 1 aliphatic rings. The minimum Gasteiger partial charge on any atom is -0.343 e. The molecule has 20 heavy (non-hydrogen) atoms. The van der Waals surface area contributed by atoms with Crippen molar-refractivity contribution in [1.82, 2.24) is 10.6 Å². The first-order chi connectivity index (χ1) is 8.93. The Morgan fingerprint density at radius 1 is 1.15 bits per heavy atom.